The van der Waals surface area contributed by atoms with Crippen molar-refractivity contribution in [2.75, 3.05) is 16.8 Å². The normalized spacial score (nSPS) is 11.8. The molecule has 0 radical (unpaired) electrons. The highest BCUT2D eigenvalue weighted by Gasteiger charge is 2.14. The number of hydrogen-bond donors (Lipinski definition) is 3. The molecule has 0 fully saturated rings. The molecule has 1 amide bonds. The molecule has 0 saturated carbocycles. The summed E-state index contributed by atoms with van der Waals surface area (Å²) in [6, 6.07) is 23.7. The molecule has 1 aliphatic heterocycles. The van der Waals surface area contributed by atoms with Crippen LogP contribution in [0.25, 0.3) is 11.1 Å². The fourth-order valence-corrected chi connectivity index (χ4v) is 4.07. The van der Waals surface area contributed by atoms with Crippen molar-refractivity contribution in [3.63, 3.8) is 0 Å². The van der Waals surface area contributed by atoms with E-state index in [1.807, 2.05) is 30.3 Å². The lowest BCUT2D eigenvalue weighted by Crippen LogP contribution is -2.11. The minimum Gasteiger partial charge on any atom is -0.506 e. The average molecular weight is 475 g/mol. The van der Waals surface area contributed by atoms with E-state index < -0.39 is 0 Å². The maximum absolute atomic E-state index is 13.1. The van der Waals surface area contributed by atoms with Crippen molar-refractivity contribution in [3.05, 3.63) is 96.3 Å². The van der Waals surface area contributed by atoms with Crippen LogP contribution in [-0.2, 0) is 0 Å². The van der Waals surface area contributed by atoms with Crippen molar-refractivity contribution in [1.29, 1.82) is 0 Å². The van der Waals surface area contributed by atoms with Gasteiger partial charge in [-0.2, -0.15) is 0 Å². The summed E-state index contributed by atoms with van der Waals surface area (Å²) in [7, 11) is 0. The summed E-state index contributed by atoms with van der Waals surface area (Å²) >= 11 is 1.22. The highest BCUT2D eigenvalue weighted by molar-refractivity contribution is 8.00. The van der Waals surface area contributed by atoms with Gasteiger partial charge in [0.1, 0.15) is 11.6 Å². The van der Waals surface area contributed by atoms with Gasteiger partial charge in [0.2, 0.25) is 6.79 Å². The molecule has 34 heavy (non-hydrogen) atoms. The van der Waals surface area contributed by atoms with E-state index in [1.165, 1.54) is 30.1 Å². The van der Waals surface area contributed by atoms with Crippen LogP contribution in [0.2, 0.25) is 0 Å². The summed E-state index contributed by atoms with van der Waals surface area (Å²) in [5.41, 5.74) is 3.34. The predicted octanol–water partition coefficient (Wildman–Crippen LogP) is 6.30. The quantitative estimate of drug-likeness (QED) is 0.173. The zero-order valence-electron chi connectivity index (χ0n) is 17.7. The number of hydrogen-bond acceptors (Lipinski definition) is 6. The Kier molecular flexibility index (Phi) is 5.97. The van der Waals surface area contributed by atoms with Gasteiger partial charge in [0.15, 0.2) is 11.5 Å². The first kappa shape index (κ1) is 21.7. The zero-order valence-corrected chi connectivity index (χ0v) is 18.6. The number of benzene rings is 4. The number of phenols is 1. The molecule has 1 heterocycles. The van der Waals surface area contributed by atoms with Gasteiger partial charge in [0, 0.05) is 16.1 Å². The molecular weight excluding hydrogens is 455 g/mol. The first-order valence-corrected chi connectivity index (χ1v) is 11.2. The summed E-state index contributed by atoms with van der Waals surface area (Å²) < 4.78 is 26.9. The minimum absolute atomic E-state index is 0.0284. The molecule has 0 aromatic heterocycles. The van der Waals surface area contributed by atoms with E-state index in [9.17, 15) is 14.3 Å². The zero-order chi connectivity index (χ0) is 23.5. The Hall–Kier alpha value is -4.17. The third-order valence-electron chi connectivity index (χ3n) is 5.20. The van der Waals surface area contributed by atoms with Crippen LogP contribution in [-0.4, -0.2) is 17.8 Å². The van der Waals surface area contributed by atoms with Crippen molar-refractivity contribution >= 4 is 29.2 Å². The number of carbonyl (C=O) groups excluding carboxylic acids is 1. The SMILES string of the molecule is O=C(Nc1ccc(O)c(NSc2ccc(F)cc2)c1)c1ccc(-c2ccc3c(c2)OCO3)cc1. The van der Waals surface area contributed by atoms with Gasteiger partial charge in [0.25, 0.3) is 5.91 Å². The van der Waals surface area contributed by atoms with Crippen LogP contribution in [0.5, 0.6) is 17.2 Å². The van der Waals surface area contributed by atoms with Gasteiger partial charge in [0.05, 0.1) is 5.69 Å². The lowest BCUT2D eigenvalue weighted by molar-refractivity contribution is 0.102. The number of carbonyl (C=O) groups is 1. The van der Waals surface area contributed by atoms with E-state index in [1.54, 1.807) is 36.4 Å². The van der Waals surface area contributed by atoms with Crippen molar-refractivity contribution in [2.24, 2.45) is 0 Å². The first-order valence-electron chi connectivity index (χ1n) is 10.4. The second kappa shape index (κ2) is 9.36. The van der Waals surface area contributed by atoms with Crippen molar-refractivity contribution < 1.29 is 23.8 Å². The Morgan fingerprint density at radius 2 is 1.59 bits per heavy atom. The van der Waals surface area contributed by atoms with Gasteiger partial charge in [-0.25, -0.2) is 4.39 Å². The Labute approximate surface area is 199 Å². The maximum Gasteiger partial charge on any atom is 0.255 e. The van der Waals surface area contributed by atoms with Crippen LogP contribution in [0.15, 0.2) is 89.8 Å². The second-order valence-corrected chi connectivity index (χ2v) is 8.37. The smallest absolute Gasteiger partial charge is 0.255 e. The van der Waals surface area contributed by atoms with Crippen LogP contribution in [0.4, 0.5) is 15.8 Å². The van der Waals surface area contributed by atoms with Gasteiger partial charge in [-0.1, -0.05) is 18.2 Å². The Balaban J connectivity index is 1.25. The van der Waals surface area contributed by atoms with Crippen LogP contribution in [0, 0.1) is 5.82 Å². The molecule has 8 heteroatoms. The van der Waals surface area contributed by atoms with Gasteiger partial charge in [-0.3, -0.25) is 4.79 Å². The molecule has 0 spiro atoms. The van der Waals surface area contributed by atoms with Crippen molar-refractivity contribution in [2.45, 2.75) is 4.90 Å². The number of aromatic hydroxyl groups is 1. The molecule has 4 aromatic rings. The standard InChI is InChI=1S/C26H19FN2O4S/c27-19-6-9-21(10-7-19)34-29-22-14-20(8-11-23(22)30)28-26(31)17-3-1-16(2-4-17)18-5-12-24-25(13-18)33-15-32-24/h1-14,29-30H,15H2,(H,28,31). The maximum atomic E-state index is 13.1. The molecule has 0 aliphatic carbocycles. The van der Waals surface area contributed by atoms with Gasteiger partial charge < -0.3 is 24.6 Å². The van der Waals surface area contributed by atoms with E-state index in [-0.39, 0.29) is 24.3 Å². The summed E-state index contributed by atoms with van der Waals surface area (Å²) in [6.45, 7) is 0.220. The Morgan fingerprint density at radius 3 is 2.38 bits per heavy atom. The summed E-state index contributed by atoms with van der Waals surface area (Å²) in [5.74, 6) is 0.855. The molecule has 6 nitrogen and oxygen atoms in total. The van der Waals surface area contributed by atoms with Crippen molar-refractivity contribution in [1.82, 2.24) is 0 Å². The third kappa shape index (κ3) is 4.77. The average Bonchev–Trinajstić information content (AvgIpc) is 3.33. The minimum atomic E-state index is -0.319. The number of rotatable bonds is 6. The van der Waals surface area contributed by atoms with Crippen LogP contribution in [0.3, 0.4) is 0 Å². The summed E-state index contributed by atoms with van der Waals surface area (Å²) in [5, 5.41) is 13.0. The predicted molar refractivity (Wildman–Crippen MR) is 130 cm³/mol. The molecule has 0 bridgehead atoms. The number of amides is 1. The van der Waals surface area contributed by atoms with Gasteiger partial charge in [-0.15, -0.1) is 0 Å². The largest absolute Gasteiger partial charge is 0.506 e. The van der Waals surface area contributed by atoms with Gasteiger partial charge in [-0.05, 0) is 89.8 Å². The second-order valence-electron chi connectivity index (χ2n) is 7.49. The fourth-order valence-electron chi connectivity index (χ4n) is 3.41. The van der Waals surface area contributed by atoms with Crippen LogP contribution >= 0.6 is 11.9 Å². The molecule has 0 unspecified atom stereocenters. The molecule has 0 saturated heterocycles. The third-order valence-corrected chi connectivity index (χ3v) is 6.03. The summed E-state index contributed by atoms with van der Waals surface area (Å²) in [6.07, 6.45) is 0. The first-order chi connectivity index (χ1) is 16.5. The molecule has 3 N–H and O–H groups in total. The monoisotopic (exact) mass is 474 g/mol. The number of fused-ring (bicyclic) bond motifs is 1. The molecule has 170 valence electrons. The van der Waals surface area contributed by atoms with Crippen LogP contribution in [0.1, 0.15) is 10.4 Å². The number of nitrogens with one attached hydrogen (secondary N) is 2. The van der Waals surface area contributed by atoms with Crippen molar-refractivity contribution in [3.8, 4) is 28.4 Å². The fraction of sp³-hybridized carbons (Fsp3) is 0.0385. The highest BCUT2D eigenvalue weighted by atomic mass is 32.2. The van der Waals surface area contributed by atoms with E-state index in [4.69, 9.17) is 9.47 Å². The van der Waals surface area contributed by atoms with E-state index in [2.05, 4.69) is 10.0 Å². The molecule has 4 aromatic carbocycles. The lowest BCUT2D eigenvalue weighted by atomic mass is 10.0. The van der Waals surface area contributed by atoms with E-state index in [0.29, 0.717) is 22.7 Å². The van der Waals surface area contributed by atoms with E-state index in [0.717, 1.165) is 21.8 Å². The molecule has 0 atom stereocenters. The summed E-state index contributed by atoms with van der Waals surface area (Å²) in [4.78, 5) is 13.5. The van der Waals surface area contributed by atoms with Crippen LogP contribution < -0.4 is 19.5 Å². The molecule has 1 aliphatic rings. The molecule has 5 rings (SSSR count). The Morgan fingerprint density at radius 1 is 0.853 bits per heavy atom. The van der Waals surface area contributed by atoms with Gasteiger partial charge >= 0.3 is 0 Å². The molecular formula is C26H19FN2O4S. The topological polar surface area (TPSA) is 79.8 Å². The Bertz CT molecular complexity index is 1340. The van der Waals surface area contributed by atoms with E-state index >= 15 is 0 Å². The number of ether oxygens (including phenoxy) is 2. The number of anilines is 2. The lowest BCUT2D eigenvalue weighted by Gasteiger charge is -2.11. The highest BCUT2D eigenvalue weighted by Crippen LogP contribution is 2.36. The number of halogens is 1. The number of phenolic OH excluding ortho intramolecular Hbond substituents is 1.